The molecule has 0 spiro atoms. The average molecular weight is 289 g/mol. The summed E-state index contributed by atoms with van der Waals surface area (Å²) in [6, 6.07) is 6.60. The molecule has 4 heteroatoms. The van der Waals surface area contributed by atoms with E-state index in [1.165, 1.54) is 21.7 Å². The number of hydrogen-bond acceptors (Lipinski definition) is 4. The Labute approximate surface area is 125 Å². The van der Waals surface area contributed by atoms with Gasteiger partial charge in [-0.1, -0.05) is 24.3 Å². The number of rotatable bonds is 5. The quantitative estimate of drug-likeness (QED) is 0.903. The number of benzene rings is 1. The fourth-order valence-corrected chi connectivity index (χ4v) is 3.23. The zero-order valence-electron chi connectivity index (χ0n) is 12.9. The second kappa shape index (κ2) is 6.37. The number of thiazole rings is 1. The lowest BCUT2D eigenvalue weighted by atomic mass is 10.1. The molecular weight excluding hydrogens is 266 g/mol. The van der Waals surface area contributed by atoms with E-state index in [1.807, 2.05) is 0 Å². The van der Waals surface area contributed by atoms with Gasteiger partial charge in [0.05, 0.1) is 5.69 Å². The van der Waals surface area contributed by atoms with E-state index in [0.29, 0.717) is 0 Å². The number of anilines is 2. The van der Waals surface area contributed by atoms with Crippen LogP contribution >= 0.6 is 11.3 Å². The third kappa shape index (κ3) is 3.38. The number of hydrogen-bond donors (Lipinski definition) is 1. The second-order valence-electron chi connectivity index (χ2n) is 5.19. The van der Waals surface area contributed by atoms with E-state index >= 15 is 0 Å². The number of aryl methyl sites for hydroxylation is 3. The fraction of sp³-hybridized carbons (Fsp3) is 0.438. The lowest BCUT2D eigenvalue weighted by Gasteiger charge is -2.17. The minimum Gasteiger partial charge on any atom is -0.321 e. The lowest BCUT2D eigenvalue weighted by Crippen LogP contribution is -2.11. The topological polar surface area (TPSA) is 28.2 Å². The Balaban J connectivity index is 2.26. The minimum absolute atomic E-state index is 0.903. The van der Waals surface area contributed by atoms with Crippen LogP contribution in [0.5, 0.6) is 0 Å². The molecule has 0 unspecified atom stereocenters. The summed E-state index contributed by atoms with van der Waals surface area (Å²) in [6.07, 6.45) is 0. The van der Waals surface area contributed by atoms with Gasteiger partial charge in [-0.3, -0.25) is 0 Å². The predicted octanol–water partition coefficient (Wildman–Crippen LogP) is 3.95. The molecule has 0 aliphatic rings. The van der Waals surface area contributed by atoms with E-state index in [1.54, 1.807) is 11.3 Å². The molecule has 0 amide bonds. The van der Waals surface area contributed by atoms with Crippen LogP contribution in [-0.2, 0) is 6.54 Å². The molecule has 2 rings (SSSR count). The van der Waals surface area contributed by atoms with Crippen molar-refractivity contribution in [1.29, 1.82) is 0 Å². The Morgan fingerprint density at radius 2 is 1.80 bits per heavy atom. The van der Waals surface area contributed by atoms with Crippen LogP contribution in [0.2, 0.25) is 0 Å². The van der Waals surface area contributed by atoms with Gasteiger partial charge in [-0.05, 0) is 50.6 Å². The van der Waals surface area contributed by atoms with Crippen LogP contribution < -0.4 is 10.2 Å². The van der Waals surface area contributed by atoms with Gasteiger partial charge < -0.3 is 10.2 Å². The van der Waals surface area contributed by atoms with Gasteiger partial charge in [0.1, 0.15) is 0 Å². The zero-order chi connectivity index (χ0) is 14.7. The number of aromatic nitrogens is 1. The monoisotopic (exact) mass is 289 g/mol. The van der Waals surface area contributed by atoms with E-state index in [2.05, 4.69) is 63.2 Å². The SMILES string of the molecule is CCNCc1sc(N(C)c2cc(C)cc(C)c2)nc1C. The van der Waals surface area contributed by atoms with Crippen LogP contribution in [-0.4, -0.2) is 18.6 Å². The molecule has 3 nitrogen and oxygen atoms in total. The highest BCUT2D eigenvalue weighted by atomic mass is 32.1. The molecule has 2 aromatic rings. The first kappa shape index (κ1) is 15.0. The second-order valence-corrected chi connectivity index (χ2v) is 6.25. The summed E-state index contributed by atoms with van der Waals surface area (Å²) >= 11 is 1.77. The summed E-state index contributed by atoms with van der Waals surface area (Å²) in [4.78, 5) is 8.20. The summed E-state index contributed by atoms with van der Waals surface area (Å²) in [5, 5.41) is 4.42. The van der Waals surface area contributed by atoms with E-state index in [4.69, 9.17) is 4.98 Å². The Bertz CT molecular complexity index is 569. The van der Waals surface area contributed by atoms with Crippen molar-refractivity contribution in [2.45, 2.75) is 34.2 Å². The molecule has 0 aliphatic heterocycles. The van der Waals surface area contributed by atoms with Crippen LogP contribution in [0.3, 0.4) is 0 Å². The van der Waals surface area contributed by atoms with Gasteiger partial charge in [-0.15, -0.1) is 0 Å². The third-order valence-electron chi connectivity index (χ3n) is 3.30. The van der Waals surface area contributed by atoms with Crippen LogP contribution in [0.1, 0.15) is 28.6 Å². The van der Waals surface area contributed by atoms with E-state index in [9.17, 15) is 0 Å². The van der Waals surface area contributed by atoms with Crippen LogP contribution in [0.15, 0.2) is 18.2 Å². The van der Waals surface area contributed by atoms with E-state index < -0.39 is 0 Å². The van der Waals surface area contributed by atoms with Crippen LogP contribution in [0.25, 0.3) is 0 Å². The van der Waals surface area contributed by atoms with Crippen molar-refractivity contribution >= 4 is 22.2 Å². The maximum Gasteiger partial charge on any atom is 0.190 e. The van der Waals surface area contributed by atoms with Crippen molar-refractivity contribution in [3.8, 4) is 0 Å². The highest BCUT2D eigenvalue weighted by Crippen LogP contribution is 2.31. The smallest absolute Gasteiger partial charge is 0.190 e. The molecule has 0 saturated carbocycles. The summed E-state index contributed by atoms with van der Waals surface area (Å²) in [7, 11) is 2.09. The normalized spacial score (nSPS) is 10.8. The van der Waals surface area contributed by atoms with Crippen molar-refractivity contribution < 1.29 is 0 Å². The van der Waals surface area contributed by atoms with Gasteiger partial charge >= 0.3 is 0 Å². The minimum atomic E-state index is 0.903. The fourth-order valence-electron chi connectivity index (χ4n) is 2.21. The first-order valence-corrected chi connectivity index (χ1v) is 7.82. The summed E-state index contributed by atoms with van der Waals surface area (Å²) in [6.45, 7) is 10.4. The highest BCUT2D eigenvalue weighted by molar-refractivity contribution is 7.15. The van der Waals surface area contributed by atoms with Gasteiger partial charge in [-0.2, -0.15) is 0 Å². The molecule has 1 N–H and O–H groups in total. The van der Waals surface area contributed by atoms with Crippen LogP contribution in [0, 0.1) is 20.8 Å². The van der Waals surface area contributed by atoms with Crippen molar-refractivity contribution in [2.24, 2.45) is 0 Å². The summed E-state index contributed by atoms with van der Waals surface area (Å²) in [5.74, 6) is 0. The Kier molecular flexibility index (Phi) is 4.78. The van der Waals surface area contributed by atoms with Crippen LogP contribution in [0.4, 0.5) is 10.8 Å². The predicted molar refractivity (Wildman–Crippen MR) is 88.2 cm³/mol. The largest absolute Gasteiger partial charge is 0.321 e. The summed E-state index contributed by atoms with van der Waals surface area (Å²) < 4.78 is 0. The molecule has 0 saturated heterocycles. The molecule has 20 heavy (non-hydrogen) atoms. The van der Waals surface area contributed by atoms with Gasteiger partial charge in [0, 0.05) is 24.2 Å². The molecule has 0 bridgehead atoms. The third-order valence-corrected chi connectivity index (χ3v) is 4.53. The molecule has 0 aliphatic carbocycles. The van der Waals surface area contributed by atoms with E-state index in [0.717, 1.165) is 23.9 Å². The lowest BCUT2D eigenvalue weighted by molar-refractivity contribution is 0.731. The van der Waals surface area contributed by atoms with Crippen molar-refractivity contribution in [2.75, 3.05) is 18.5 Å². The van der Waals surface area contributed by atoms with Gasteiger partial charge in [0.25, 0.3) is 0 Å². The molecular formula is C16H23N3S. The maximum atomic E-state index is 4.70. The molecule has 1 aromatic heterocycles. The Morgan fingerprint density at radius 1 is 1.15 bits per heavy atom. The Hall–Kier alpha value is -1.39. The average Bonchev–Trinajstić information content (AvgIpc) is 2.75. The van der Waals surface area contributed by atoms with Crippen molar-refractivity contribution in [3.05, 3.63) is 39.9 Å². The Morgan fingerprint density at radius 3 is 2.40 bits per heavy atom. The van der Waals surface area contributed by atoms with Gasteiger partial charge in [0.15, 0.2) is 5.13 Å². The van der Waals surface area contributed by atoms with Gasteiger partial charge in [-0.25, -0.2) is 4.98 Å². The molecule has 1 heterocycles. The molecule has 0 atom stereocenters. The summed E-state index contributed by atoms with van der Waals surface area (Å²) in [5.41, 5.74) is 4.90. The molecule has 108 valence electrons. The molecule has 0 radical (unpaired) electrons. The van der Waals surface area contributed by atoms with Gasteiger partial charge in [0.2, 0.25) is 0 Å². The molecule has 0 fully saturated rings. The first-order chi connectivity index (χ1) is 9.51. The van der Waals surface area contributed by atoms with Crippen molar-refractivity contribution in [3.63, 3.8) is 0 Å². The number of nitrogens with one attached hydrogen (secondary N) is 1. The zero-order valence-corrected chi connectivity index (χ0v) is 13.8. The molecule has 1 aromatic carbocycles. The first-order valence-electron chi connectivity index (χ1n) is 7.00. The highest BCUT2D eigenvalue weighted by Gasteiger charge is 2.12. The van der Waals surface area contributed by atoms with Crippen molar-refractivity contribution in [1.82, 2.24) is 10.3 Å². The van der Waals surface area contributed by atoms with E-state index in [-0.39, 0.29) is 0 Å². The standard InChI is InChI=1S/C16H23N3S/c1-6-17-10-15-13(4)18-16(20-15)19(5)14-8-11(2)7-12(3)9-14/h7-9,17H,6,10H2,1-5H3. The number of nitrogens with zero attached hydrogens (tertiary/aromatic N) is 2. The maximum absolute atomic E-state index is 4.70.